The normalized spacial score (nSPS) is 18.2. The molecule has 0 bridgehead atoms. The number of benzene rings is 1. The summed E-state index contributed by atoms with van der Waals surface area (Å²) < 4.78 is 27.5. The molecule has 1 atom stereocenters. The number of carbonyl (C=O) groups excluding carboxylic acids is 1. The first-order valence-electron chi connectivity index (χ1n) is 9.06. The Hall–Kier alpha value is -2.39. The molecule has 3 N–H and O–H groups in total. The van der Waals surface area contributed by atoms with E-state index < -0.39 is 10.0 Å². The van der Waals surface area contributed by atoms with E-state index in [4.69, 9.17) is 0 Å². The molecule has 1 aliphatic heterocycles. The van der Waals surface area contributed by atoms with Crippen LogP contribution in [0.1, 0.15) is 36.9 Å². The largest absolute Gasteiger partial charge is 0.338 e. The number of hydrogen-bond acceptors (Lipinski definition) is 4. The number of nitrogens with one attached hydrogen (secondary N) is 3. The number of amides is 2. The Morgan fingerprint density at radius 1 is 1.33 bits per heavy atom. The topological polar surface area (TPSA) is 107 Å². The van der Waals surface area contributed by atoms with E-state index >= 15 is 0 Å². The van der Waals surface area contributed by atoms with Gasteiger partial charge >= 0.3 is 6.03 Å². The summed E-state index contributed by atoms with van der Waals surface area (Å²) in [4.78, 5) is 12.1. The second-order valence-corrected chi connectivity index (χ2v) is 8.63. The van der Waals surface area contributed by atoms with E-state index in [9.17, 15) is 13.2 Å². The number of carbonyl (C=O) groups is 1. The van der Waals surface area contributed by atoms with Gasteiger partial charge in [-0.1, -0.05) is 17.7 Å². The zero-order chi connectivity index (χ0) is 19.4. The number of hydrogen-bond donors (Lipinski definition) is 3. The van der Waals surface area contributed by atoms with Gasteiger partial charge in [-0.2, -0.15) is 9.40 Å². The van der Waals surface area contributed by atoms with Crippen molar-refractivity contribution >= 4 is 21.7 Å². The van der Waals surface area contributed by atoms with Gasteiger partial charge in [0, 0.05) is 25.6 Å². The average Bonchev–Trinajstić information content (AvgIpc) is 3.10. The number of sulfonamides is 1. The summed E-state index contributed by atoms with van der Waals surface area (Å²) in [5, 5.41) is 12.4. The van der Waals surface area contributed by atoms with Gasteiger partial charge in [-0.05, 0) is 38.8 Å². The van der Waals surface area contributed by atoms with Crippen molar-refractivity contribution in [1.82, 2.24) is 19.8 Å². The Bertz CT molecular complexity index is 892. The lowest BCUT2D eigenvalue weighted by molar-refractivity contribution is 0.252. The maximum absolute atomic E-state index is 13.0. The maximum atomic E-state index is 13.0. The number of anilines is 1. The lowest BCUT2D eigenvalue weighted by Gasteiger charge is -2.31. The van der Waals surface area contributed by atoms with Crippen molar-refractivity contribution in [1.29, 1.82) is 0 Å². The van der Waals surface area contributed by atoms with Gasteiger partial charge in [-0.25, -0.2) is 13.2 Å². The lowest BCUT2D eigenvalue weighted by atomic mass is 9.95. The average molecular weight is 391 g/mol. The number of piperidine rings is 1. The van der Waals surface area contributed by atoms with E-state index in [1.807, 2.05) is 13.8 Å². The summed E-state index contributed by atoms with van der Waals surface area (Å²) in [6.07, 6.45) is 3.12. The summed E-state index contributed by atoms with van der Waals surface area (Å²) in [6.45, 7) is 5.12. The van der Waals surface area contributed by atoms with E-state index in [2.05, 4.69) is 20.8 Å². The minimum atomic E-state index is -3.55. The summed E-state index contributed by atoms with van der Waals surface area (Å²) in [6, 6.07) is 6.59. The molecule has 0 radical (unpaired) electrons. The van der Waals surface area contributed by atoms with Crippen LogP contribution in [0.4, 0.5) is 10.5 Å². The molecule has 2 amide bonds. The minimum absolute atomic E-state index is 0.0570. The van der Waals surface area contributed by atoms with Crippen LogP contribution in [0.3, 0.4) is 0 Å². The van der Waals surface area contributed by atoms with Gasteiger partial charge in [0.25, 0.3) is 0 Å². The number of aromatic nitrogens is 2. The molecule has 1 aromatic carbocycles. The molecule has 9 heteroatoms. The number of rotatable bonds is 5. The van der Waals surface area contributed by atoms with Crippen molar-refractivity contribution in [2.45, 2.75) is 37.5 Å². The first kappa shape index (κ1) is 19.4. The van der Waals surface area contributed by atoms with Gasteiger partial charge in [0.05, 0.1) is 22.5 Å². The van der Waals surface area contributed by atoms with Crippen LogP contribution in [0.15, 0.2) is 35.4 Å². The molecule has 1 aliphatic rings. The van der Waals surface area contributed by atoms with Crippen LogP contribution >= 0.6 is 0 Å². The third-order valence-electron chi connectivity index (χ3n) is 4.71. The molecule has 3 rings (SSSR count). The number of H-pyrrole nitrogens is 1. The molecule has 1 fully saturated rings. The fourth-order valence-electron chi connectivity index (χ4n) is 3.29. The van der Waals surface area contributed by atoms with Crippen LogP contribution in [-0.4, -0.2) is 48.6 Å². The number of aromatic amines is 1. The van der Waals surface area contributed by atoms with Crippen molar-refractivity contribution in [3.63, 3.8) is 0 Å². The predicted molar refractivity (Wildman–Crippen MR) is 103 cm³/mol. The fraction of sp³-hybridized carbons (Fsp3) is 0.444. The number of nitrogens with zero attached hydrogens (tertiary/aromatic N) is 2. The zero-order valence-electron chi connectivity index (χ0n) is 15.5. The van der Waals surface area contributed by atoms with Gasteiger partial charge in [0.1, 0.15) is 0 Å². The molecule has 0 aliphatic carbocycles. The Kier molecular flexibility index (Phi) is 5.81. The van der Waals surface area contributed by atoms with Crippen LogP contribution in [0, 0.1) is 6.92 Å². The van der Waals surface area contributed by atoms with Crippen LogP contribution in [0.2, 0.25) is 0 Å². The zero-order valence-corrected chi connectivity index (χ0v) is 16.3. The van der Waals surface area contributed by atoms with E-state index in [0.717, 1.165) is 24.1 Å². The highest BCUT2D eigenvalue weighted by Crippen LogP contribution is 2.32. The van der Waals surface area contributed by atoms with Gasteiger partial charge in [-0.3, -0.25) is 5.10 Å². The Balaban J connectivity index is 1.78. The summed E-state index contributed by atoms with van der Waals surface area (Å²) in [5.74, 6) is -0.0570. The molecule has 2 aromatic rings. The van der Waals surface area contributed by atoms with Gasteiger partial charge < -0.3 is 10.6 Å². The van der Waals surface area contributed by atoms with Gasteiger partial charge in [0.2, 0.25) is 10.0 Å². The SMILES string of the molecule is CCNC(=O)Nc1cn[nH]c1[C@H]1CCCN(S(=O)(=O)c2ccc(C)cc2)C1. The third kappa shape index (κ3) is 4.30. The first-order chi connectivity index (χ1) is 12.9. The summed E-state index contributed by atoms with van der Waals surface area (Å²) >= 11 is 0. The predicted octanol–water partition coefficient (Wildman–Crippen LogP) is 2.43. The van der Waals surface area contributed by atoms with Crippen molar-refractivity contribution in [2.24, 2.45) is 0 Å². The van der Waals surface area contributed by atoms with Crippen molar-refractivity contribution in [3.8, 4) is 0 Å². The lowest BCUT2D eigenvalue weighted by Crippen LogP contribution is -2.39. The molecule has 0 spiro atoms. The molecular weight excluding hydrogens is 366 g/mol. The monoisotopic (exact) mass is 391 g/mol. The minimum Gasteiger partial charge on any atom is -0.338 e. The molecule has 0 saturated carbocycles. The molecule has 146 valence electrons. The Labute approximate surface area is 159 Å². The van der Waals surface area contributed by atoms with Crippen molar-refractivity contribution < 1.29 is 13.2 Å². The molecule has 8 nitrogen and oxygen atoms in total. The summed E-state index contributed by atoms with van der Waals surface area (Å²) in [5.41, 5.74) is 2.36. The highest BCUT2D eigenvalue weighted by Gasteiger charge is 2.32. The first-order valence-corrected chi connectivity index (χ1v) is 10.5. The molecule has 2 heterocycles. The smallest absolute Gasteiger partial charge is 0.319 e. The number of urea groups is 1. The van der Waals surface area contributed by atoms with Crippen LogP contribution in [0.25, 0.3) is 0 Å². The Morgan fingerprint density at radius 3 is 2.78 bits per heavy atom. The maximum Gasteiger partial charge on any atom is 0.319 e. The standard InChI is InChI=1S/C18H25N5O3S/c1-3-19-18(24)21-16-11-20-22-17(16)14-5-4-10-23(12-14)27(25,26)15-8-6-13(2)7-9-15/h6-9,11,14H,3-5,10,12H2,1-2H3,(H,20,22)(H2,19,21,24)/t14-/m0/s1. The van der Waals surface area contributed by atoms with E-state index in [-0.39, 0.29) is 11.9 Å². The van der Waals surface area contributed by atoms with Crippen LogP contribution in [0.5, 0.6) is 0 Å². The fourth-order valence-corrected chi connectivity index (χ4v) is 4.81. The van der Waals surface area contributed by atoms with Gasteiger partial charge in [0.15, 0.2) is 0 Å². The Morgan fingerprint density at radius 2 is 2.07 bits per heavy atom. The van der Waals surface area contributed by atoms with Crippen LogP contribution in [-0.2, 0) is 10.0 Å². The third-order valence-corrected chi connectivity index (χ3v) is 6.58. The second-order valence-electron chi connectivity index (χ2n) is 6.70. The highest BCUT2D eigenvalue weighted by atomic mass is 32.2. The molecule has 1 saturated heterocycles. The van der Waals surface area contributed by atoms with E-state index in [1.54, 1.807) is 30.5 Å². The summed E-state index contributed by atoms with van der Waals surface area (Å²) in [7, 11) is -3.55. The molecular formula is C18H25N5O3S. The number of aryl methyl sites for hydroxylation is 1. The second kappa shape index (κ2) is 8.10. The quantitative estimate of drug-likeness (QED) is 0.727. The van der Waals surface area contributed by atoms with E-state index in [0.29, 0.717) is 30.2 Å². The molecule has 27 heavy (non-hydrogen) atoms. The van der Waals surface area contributed by atoms with Gasteiger partial charge in [-0.15, -0.1) is 0 Å². The van der Waals surface area contributed by atoms with E-state index in [1.165, 1.54) is 4.31 Å². The van der Waals surface area contributed by atoms with Crippen LogP contribution < -0.4 is 10.6 Å². The molecule has 0 unspecified atom stereocenters. The highest BCUT2D eigenvalue weighted by molar-refractivity contribution is 7.89. The van der Waals surface area contributed by atoms with Crippen molar-refractivity contribution in [2.75, 3.05) is 25.0 Å². The molecule has 1 aromatic heterocycles. The van der Waals surface area contributed by atoms with Crippen molar-refractivity contribution in [3.05, 3.63) is 41.7 Å².